The number of hydrogen-bond acceptors (Lipinski definition) is 15. The van der Waals surface area contributed by atoms with Crippen molar-refractivity contribution in [1.29, 1.82) is 0 Å². The second kappa shape index (κ2) is 40.3. The molecule has 0 aromatic rings. The molecule has 0 spiro atoms. The molecular weight excluding hydrogens is 877 g/mol. The lowest BCUT2D eigenvalue weighted by Gasteiger charge is -2.42. The van der Waals surface area contributed by atoms with Crippen LogP contribution in [0, 0.1) is 0 Å². The first kappa shape index (κ1) is 61.8. The number of rotatable bonds is 42. The summed E-state index contributed by atoms with van der Waals surface area (Å²) in [5, 5.41) is 72.1. The van der Waals surface area contributed by atoms with Crippen molar-refractivity contribution in [3.8, 4) is 0 Å². The highest BCUT2D eigenvalue weighted by Gasteiger charge is 2.47. The fourth-order valence-electron chi connectivity index (χ4n) is 8.35. The Morgan fingerprint density at radius 1 is 0.515 bits per heavy atom. The third-order valence-electron chi connectivity index (χ3n) is 12.7. The van der Waals surface area contributed by atoms with Gasteiger partial charge in [0.1, 0.15) is 55.4 Å². The lowest BCUT2D eigenvalue weighted by molar-refractivity contribution is -0.332. The van der Waals surface area contributed by atoms with Crippen LogP contribution >= 0.6 is 0 Å². The van der Waals surface area contributed by atoms with E-state index in [1.54, 1.807) is 0 Å². The first-order chi connectivity index (χ1) is 33.0. The van der Waals surface area contributed by atoms with Crippen molar-refractivity contribution >= 4 is 11.9 Å². The van der Waals surface area contributed by atoms with Crippen LogP contribution in [0.15, 0.2) is 37.0 Å². The summed E-state index contributed by atoms with van der Waals surface area (Å²) < 4.78 is 33.5. The Morgan fingerprint density at radius 2 is 0.971 bits per heavy atom. The van der Waals surface area contributed by atoms with Gasteiger partial charge < -0.3 is 64.2 Å². The number of carbonyl (C=O) groups is 2. The summed E-state index contributed by atoms with van der Waals surface area (Å²) in [5.41, 5.74) is 0. The minimum Gasteiger partial charge on any atom is -0.462 e. The molecule has 2 aliphatic heterocycles. The fourth-order valence-corrected chi connectivity index (χ4v) is 8.35. The van der Waals surface area contributed by atoms with Gasteiger partial charge in [0.2, 0.25) is 0 Å². The average molecular weight is 971 g/mol. The SMILES string of the molecule is C=CCCCCCCCCCCCCCCCC(=O)O[C@@H](COC(=O)CCC/C=C/C/C=C/CCCCCCCCCCC)CO[C@@H]1O[C@H](CO[C@@H]2O[C@H](CO)[C@H](O)C(O)C2O)[C@H](O)C(O)C1O. The van der Waals surface area contributed by atoms with E-state index in [4.69, 9.17) is 28.4 Å². The van der Waals surface area contributed by atoms with Crippen LogP contribution in [0.5, 0.6) is 0 Å². The maximum Gasteiger partial charge on any atom is 0.306 e. The minimum absolute atomic E-state index is 0.154. The van der Waals surface area contributed by atoms with Crippen molar-refractivity contribution in [3.05, 3.63) is 37.0 Å². The van der Waals surface area contributed by atoms with Crippen LogP contribution in [0.25, 0.3) is 0 Å². The Labute approximate surface area is 408 Å². The van der Waals surface area contributed by atoms with Gasteiger partial charge in [-0.15, -0.1) is 6.58 Å². The molecule has 0 aromatic carbocycles. The van der Waals surface area contributed by atoms with Gasteiger partial charge in [0.05, 0.1) is 19.8 Å². The van der Waals surface area contributed by atoms with E-state index in [-0.39, 0.29) is 19.4 Å². The van der Waals surface area contributed by atoms with Gasteiger partial charge in [-0.05, 0) is 51.4 Å². The minimum atomic E-state index is -1.77. The number of carbonyl (C=O) groups excluding carboxylic acids is 2. The second-order valence-electron chi connectivity index (χ2n) is 18.8. The highest BCUT2D eigenvalue weighted by Crippen LogP contribution is 2.26. The van der Waals surface area contributed by atoms with Crippen LogP contribution in [-0.2, 0) is 38.0 Å². The number of ether oxygens (including phenoxy) is 6. The molecule has 2 saturated heterocycles. The maximum atomic E-state index is 13.0. The third kappa shape index (κ3) is 27.9. The molecule has 0 aliphatic carbocycles. The molecule has 7 N–H and O–H groups in total. The highest BCUT2D eigenvalue weighted by atomic mass is 16.7. The number of allylic oxidation sites excluding steroid dienone is 5. The standard InChI is InChI=1S/C53H94O15/c1-3-5-7-9-11-13-15-17-19-20-22-23-25-27-29-31-33-35-44(55)63-38-41(66-45(56)36-34-32-30-28-26-24-21-18-16-14-12-10-8-6-4-2)39-64-52-51(62)49(60)47(58)43(68-52)40-65-53-50(61)48(59)46(57)42(37-54)67-53/h4,22-23,27,29,41-43,46-54,57-62H,2-3,5-21,24-26,28,30-40H2,1H3/b23-22+,29-27+/t41-,42+,43+,46-,47-,48?,49?,50?,51?,52+,53+/m0/s1. The monoisotopic (exact) mass is 971 g/mol. The molecule has 2 heterocycles. The van der Waals surface area contributed by atoms with E-state index < -0.39 is 99.3 Å². The fraction of sp³-hybridized carbons (Fsp3) is 0.849. The average Bonchev–Trinajstić information content (AvgIpc) is 3.33. The van der Waals surface area contributed by atoms with E-state index in [1.807, 2.05) is 12.2 Å². The predicted octanol–water partition coefficient (Wildman–Crippen LogP) is 7.71. The molecule has 396 valence electrons. The topological polar surface area (TPSA) is 231 Å². The Kier molecular flexibility index (Phi) is 36.7. The predicted molar refractivity (Wildman–Crippen MR) is 261 cm³/mol. The van der Waals surface area contributed by atoms with Crippen molar-refractivity contribution in [3.63, 3.8) is 0 Å². The molecule has 11 atom stereocenters. The molecule has 2 rings (SSSR count). The molecule has 4 unspecified atom stereocenters. The first-order valence-electron chi connectivity index (χ1n) is 26.5. The van der Waals surface area contributed by atoms with Crippen molar-refractivity contribution in [2.75, 3.05) is 26.4 Å². The normalized spacial score (nSPS) is 25.8. The highest BCUT2D eigenvalue weighted by molar-refractivity contribution is 5.70. The van der Waals surface area contributed by atoms with E-state index in [9.17, 15) is 45.3 Å². The zero-order valence-electron chi connectivity index (χ0n) is 41.7. The zero-order chi connectivity index (χ0) is 49.6. The molecule has 2 fully saturated rings. The number of esters is 2. The van der Waals surface area contributed by atoms with Crippen molar-refractivity contribution < 1.29 is 73.8 Å². The Hall–Kier alpha value is -2.28. The number of aliphatic hydroxyl groups is 7. The van der Waals surface area contributed by atoms with Gasteiger partial charge in [-0.3, -0.25) is 9.59 Å². The van der Waals surface area contributed by atoms with Crippen molar-refractivity contribution in [2.24, 2.45) is 0 Å². The molecule has 15 heteroatoms. The third-order valence-corrected chi connectivity index (χ3v) is 12.7. The molecular formula is C53H94O15. The van der Waals surface area contributed by atoms with E-state index >= 15 is 0 Å². The molecule has 0 amide bonds. The van der Waals surface area contributed by atoms with Gasteiger partial charge in [0, 0.05) is 12.8 Å². The van der Waals surface area contributed by atoms with Crippen LogP contribution in [0.2, 0.25) is 0 Å². The Balaban J connectivity index is 1.81. The molecule has 68 heavy (non-hydrogen) atoms. The molecule has 0 bridgehead atoms. The smallest absolute Gasteiger partial charge is 0.306 e. The first-order valence-corrected chi connectivity index (χ1v) is 26.5. The quantitative estimate of drug-likeness (QED) is 0.0176. The number of unbranched alkanes of at least 4 members (excludes halogenated alkanes) is 23. The van der Waals surface area contributed by atoms with Gasteiger partial charge in [0.15, 0.2) is 18.7 Å². The van der Waals surface area contributed by atoms with E-state index in [0.717, 1.165) is 38.5 Å². The molecule has 0 radical (unpaired) electrons. The van der Waals surface area contributed by atoms with Crippen LogP contribution in [0.3, 0.4) is 0 Å². The van der Waals surface area contributed by atoms with Crippen molar-refractivity contribution in [1.82, 2.24) is 0 Å². The van der Waals surface area contributed by atoms with Crippen molar-refractivity contribution in [2.45, 2.75) is 261 Å². The van der Waals surface area contributed by atoms with Crippen LogP contribution in [0.4, 0.5) is 0 Å². The summed E-state index contributed by atoms with van der Waals surface area (Å²) in [6.45, 7) is 4.09. The summed E-state index contributed by atoms with van der Waals surface area (Å²) in [7, 11) is 0. The van der Waals surface area contributed by atoms with Gasteiger partial charge in [-0.25, -0.2) is 0 Å². The summed E-state index contributed by atoms with van der Waals surface area (Å²) >= 11 is 0. The summed E-state index contributed by atoms with van der Waals surface area (Å²) in [6.07, 6.45) is 25.0. The summed E-state index contributed by atoms with van der Waals surface area (Å²) in [6, 6.07) is 0. The molecule has 2 aliphatic rings. The summed E-state index contributed by atoms with van der Waals surface area (Å²) in [5.74, 6) is -0.977. The van der Waals surface area contributed by atoms with Gasteiger partial charge in [-0.1, -0.05) is 159 Å². The number of aliphatic hydroxyl groups excluding tert-OH is 7. The number of hydrogen-bond donors (Lipinski definition) is 7. The van der Waals surface area contributed by atoms with Gasteiger partial charge >= 0.3 is 11.9 Å². The van der Waals surface area contributed by atoms with E-state index in [1.165, 1.54) is 116 Å². The lowest BCUT2D eigenvalue weighted by atomic mass is 9.98. The van der Waals surface area contributed by atoms with E-state index in [2.05, 4.69) is 31.7 Å². The largest absolute Gasteiger partial charge is 0.462 e. The Morgan fingerprint density at radius 3 is 1.51 bits per heavy atom. The Bertz CT molecular complexity index is 1310. The lowest BCUT2D eigenvalue weighted by Crippen LogP contribution is -2.61. The van der Waals surface area contributed by atoms with Crippen LogP contribution in [-0.4, -0.2) is 142 Å². The zero-order valence-corrected chi connectivity index (χ0v) is 41.7. The van der Waals surface area contributed by atoms with Crippen LogP contribution in [0.1, 0.15) is 193 Å². The maximum absolute atomic E-state index is 13.0. The second-order valence-corrected chi connectivity index (χ2v) is 18.8. The molecule has 0 aromatic heterocycles. The summed E-state index contributed by atoms with van der Waals surface area (Å²) in [4.78, 5) is 25.8. The van der Waals surface area contributed by atoms with E-state index in [0.29, 0.717) is 19.3 Å². The van der Waals surface area contributed by atoms with Crippen LogP contribution < -0.4 is 0 Å². The molecule has 15 nitrogen and oxygen atoms in total. The molecule has 0 saturated carbocycles. The van der Waals surface area contributed by atoms with Gasteiger partial charge in [-0.2, -0.15) is 0 Å². The van der Waals surface area contributed by atoms with Gasteiger partial charge in [0.25, 0.3) is 0 Å².